The predicted molar refractivity (Wildman–Crippen MR) is 84.6 cm³/mol. The summed E-state index contributed by atoms with van der Waals surface area (Å²) >= 11 is 5.38. The van der Waals surface area contributed by atoms with Gasteiger partial charge in [0, 0.05) is 19.2 Å². The highest BCUT2D eigenvalue weighted by Gasteiger charge is 2.17. The minimum absolute atomic E-state index is 0.140. The van der Waals surface area contributed by atoms with Crippen LogP contribution in [0.3, 0.4) is 0 Å². The van der Waals surface area contributed by atoms with Crippen LogP contribution in [0, 0.1) is 10.1 Å². The molecule has 1 aromatic carbocycles. The molecule has 1 heterocycles. The van der Waals surface area contributed by atoms with E-state index in [1.165, 1.54) is 46.9 Å². The van der Waals surface area contributed by atoms with Gasteiger partial charge in [-0.3, -0.25) is 10.1 Å². The van der Waals surface area contributed by atoms with E-state index in [2.05, 4.69) is 4.90 Å². The number of piperidine rings is 1. The summed E-state index contributed by atoms with van der Waals surface area (Å²) in [7, 11) is 2.81. The number of nitrogens with zero attached hydrogens (tertiary/aromatic N) is 2. The fourth-order valence-electron chi connectivity index (χ4n) is 1.89. The van der Waals surface area contributed by atoms with Gasteiger partial charge in [0.15, 0.2) is 0 Å². The zero-order valence-corrected chi connectivity index (χ0v) is 12.7. The predicted octanol–water partition coefficient (Wildman–Crippen LogP) is 4.11. The molecule has 1 aliphatic heterocycles. The maximum absolute atomic E-state index is 10.9. The van der Waals surface area contributed by atoms with Gasteiger partial charge in [0.2, 0.25) is 0 Å². The van der Waals surface area contributed by atoms with Crippen LogP contribution in [-0.2, 0) is 0 Å². The third kappa shape index (κ3) is 4.09. The second-order valence-corrected chi connectivity index (χ2v) is 7.01. The van der Waals surface area contributed by atoms with Gasteiger partial charge in [-0.2, -0.15) is 0 Å². The van der Waals surface area contributed by atoms with Crippen LogP contribution in [0.4, 0.5) is 5.69 Å². The molecule has 1 aromatic rings. The third-order valence-electron chi connectivity index (χ3n) is 2.88. The maximum atomic E-state index is 10.9. The first-order chi connectivity index (χ1) is 9.18. The van der Waals surface area contributed by atoms with E-state index in [1.54, 1.807) is 18.2 Å². The number of para-hydroxylation sites is 1. The SMILES string of the molecule is O=[N+]([O-])c1ccccc1SSC(=S)N1CCCCC1. The van der Waals surface area contributed by atoms with E-state index in [0.29, 0.717) is 4.90 Å². The molecule has 4 nitrogen and oxygen atoms in total. The second kappa shape index (κ2) is 7.12. The van der Waals surface area contributed by atoms with Gasteiger partial charge in [0.25, 0.3) is 5.69 Å². The highest BCUT2D eigenvalue weighted by Crippen LogP contribution is 2.38. The smallest absolute Gasteiger partial charge is 0.283 e. The van der Waals surface area contributed by atoms with Gasteiger partial charge in [0.05, 0.1) is 9.82 Å². The lowest BCUT2D eigenvalue weighted by atomic mass is 10.1. The molecule has 0 radical (unpaired) electrons. The summed E-state index contributed by atoms with van der Waals surface area (Å²) in [6.07, 6.45) is 3.62. The van der Waals surface area contributed by atoms with Crippen molar-refractivity contribution >= 4 is 43.8 Å². The molecule has 2 rings (SSSR count). The Morgan fingerprint density at radius 2 is 1.95 bits per heavy atom. The van der Waals surface area contributed by atoms with Crippen LogP contribution in [0.2, 0.25) is 0 Å². The molecule has 7 heteroatoms. The van der Waals surface area contributed by atoms with Crippen molar-refractivity contribution in [2.24, 2.45) is 0 Å². The summed E-state index contributed by atoms with van der Waals surface area (Å²) < 4.78 is 0.822. The van der Waals surface area contributed by atoms with Gasteiger partial charge in [0.1, 0.15) is 4.32 Å². The van der Waals surface area contributed by atoms with Crippen molar-refractivity contribution in [3.63, 3.8) is 0 Å². The molecule has 0 bridgehead atoms. The van der Waals surface area contributed by atoms with Gasteiger partial charge in [-0.25, -0.2) is 0 Å². The van der Waals surface area contributed by atoms with Gasteiger partial charge in [-0.15, -0.1) is 0 Å². The Morgan fingerprint density at radius 3 is 2.63 bits per heavy atom. The Balaban J connectivity index is 1.94. The fraction of sp³-hybridized carbons (Fsp3) is 0.417. The molecule has 1 aliphatic rings. The van der Waals surface area contributed by atoms with Crippen molar-refractivity contribution in [2.45, 2.75) is 24.2 Å². The first-order valence-electron chi connectivity index (χ1n) is 6.05. The third-order valence-corrected chi connectivity index (χ3v) is 5.97. The lowest BCUT2D eigenvalue weighted by Gasteiger charge is -2.28. The molecule has 0 saturated carbocycles. The number of rotatable bonds is 3. The molecule has 0 amide bonds. The van der Waals surface area contributed by atoms with E-state index >= 15 is 0 Å². The van der Waals surface area contributed by atoms with E-state index in [4.69, 9.17) is 12.2 Å². The first-order valence-corrected chi connectivity index (χ1v) is 8.61. The van der Waals surface area contributed by atoms with Gasteiger partial charge >= 0.3 is 0 Å². The van der Waals surface area contributed by atoms with Crippen molar-refractivity contribution in [2.75, 3.05) is 13.1 Å². The van der Waals surface area contributed by atoms with Crippen molar-refractivity contribution in [1.82, 2.24) is 4.90 Å². The van der Waals surface area contributed by atoms with Crippen molar-refractivity contribution in [1.29, 1.82) is 0 Å². The molecule has 0 aliphatic carbocycles. The average Bonchev–Trinajstić information content (AvgIpc) is 2.46. The number of thiocarbonyl (C=S) groups is 1. The molecule has 1 saturated heterocycles. The normalized spacial score (nSPS) is 15.3. The van der Waals surface area contributed by atoms with E-state index in [1.807, 2.05) is 0 Å². The van der Waals surface area contributed by atoms with Crippen LogP contribution >= 0.6 is 33.8 Å². The molecular weight excluding hydrogens is 300 g/mol. The quantitative estimate of drug-likeness (QED) is 0.362. The summed E-state index contributed by atoms with van der Waals surface area (Å²) in [6, 6.07) is 6.76. The summed E-state index contributed by atoms with van der Waals surface area (Å²) in [4.78, 5) is 13.4. The van der Waals surface area contributed by atoms with Gasteiger partial charge in [-0.1, -0.05) is 24.4 Å². The second-order valence-electron chi connectivity index (χ2n) is 4.21. The van der Waals surface area contributed by atoms with Gasteiger partial charge in [-0.05, 0) is 46.9 Å². The summed E-state index contributed by atoms with van der Waals surface area (Å²) in [5.41, 5.74) is 0.140. The number of hydrogen-bond donors (Lipinski definition) is 0. The lowest BCUT2D eigenvalue weighted by molar-refractivity contribution is -0.387. The van der Waals surface area contributed by atoms with Crippen LogP contribution in [0.5, 0.6) is 0 Å². The maximum Gasteiger partial charge on any atom is 0.283 e. The van der Waals surface area contributed by atoms with E-state index in [9.17, 15) is 10.1 Å². The number of nitro benzene ring substituents is 1. The first kappa shape index (κ1) is 14.6. The molecule has 0 unspecified atom stereocenters. The van der Waals surface area contributed by atoms with Crippen molar-refractivity contribution < 1.29 is 4.92 Å². The monoisotopic (exact) mass is 314 g/mol. The highest BCUT2D eigenvalue weighted by atomic mass is 33.1. The average molecular weight is 314 g/mol. The van der Waals surface area contributed by atoms with Crippen LogP contribution in [0.25, 0.3) is 0 Å². The zero-order valence-electron chi connectivity index (χ0n) is 10.3. The summed E-state index contributed by atoms with van der Waals surface area (Å²) in [5.74, 6) is 0. The number of nitro groups is 1. The minimum Gasteiger partial charge on any atom is -0.357 e. The fourth-order valence-corrected chi connectivity index (χ4v) is 4.41. The van der Waals surface area contributed by atoms with Crippen LogP contribution in [0.1, 0.15) is 19.3 Å². The zero-order chi connectivity index (χ0) is 13.7. The topological polar surface area (TPSA) is 46.4 Å². The van der Waals surface area contributed by atoms with E-state index in [-0.39, 0.29) is 10.6 Å². The largest absolute Gasteiger partial charge is 0.357 e. The highest BCUT2D eigenvalue weighted by molar-refractivity contribution is 8.83. The van der Waals surface area contributed by atoms with Crippen LogP contribution < -0.4 is 0 Å². The Morgan fingerprint density at radius 1 is 1.26 bits per heavy atom. The van der Waals surface area contributed by atoms with Crippen molar-refractivity contribution in [3.8, 4) is 0 Å². The standard InChI is InChI=1S/C12H14N2O2S3/c15-14(16)10-6-2-3-7-11(10)18-19-12(17)13-8-4-1-5-9-13/h2-3,6-7H,1,4-5,8-9H2. The summed E-state index contributed by atoms with van der Waals surface area (Å²) in [5, 5.41) is 10.9. The minimum atomic E-state index is -0.354. The van der Waals surface area contributed by atoms with E-state index < -0.39 is 0 Å². The molecule has 19 heavy (non-hydrogen) atoms. The molecule has 0 spiro atoms. The molecule has 1 fully saturated rings. The van der Waals surface area contributed by atoms with Gasteiger partial charge < -0.3 is 4.90 Å². The number of hydrogen-bond acceptors (Lipinski definition) is 5. The summed E-state index contributed by atoms with van der Waals surface area (Å²) in [6.45, 7) is 2.01. The number of likely N-dealkylation sites (tertiary alicyclic amines) is 1. The molecule has 102 valence electrons. The Labute approximate surface area is 125 Å². The Hall–Kier alpha value is -0.790. The number of benzene rings is 1. The molecule has 0 N–H and O–H groups in total. The van der Waals surface area contributed by atoms with Crippen LogP contribution in [-0.4, -0.2) is 27.2 Å². The Bertz CT molecular complexity index is 476. The van der Waals surface area contributed by atoms with E-state index in [0.717, 1.165) is 17.4 Å². The molecular formula is C12H14N2O2S3. The molecule has 0 atom stereocenters. The lowest BCUT2D eigenvalue weighted by Crippen LogP contribution is -2.32. The van der Waals surface area contributed by atoms with Crippen molar-refractivity contribution in [3.05, 3.63) is 34.4 Å². The molecule has 0 aromatic heterocycles. The van der Waals surface area contributed by atoms with Crippen LogP contribution in [0.15, 0.2) is 29.2 Å². The Kier molecular flexibility index (Phi) is 5.47.